The molecule has 4 rings (SSSR count). The largest absolute Gasteiger partial charge is 0.472 e. The van der Waals surface area contributed by atoms with Gasteiger partial charge in [-0.15, -0.1) is 0 Å². The van der Waals surface area contributed by atoms with E-state index in [0.717, 1.165) is 25.7 Å². The summed E-state index contributed by atoms with van der Waals surface area (Å²) in [6.07, 6.45) is 25.5. The minimum atomic E-state index is -4.53. The molecule has 4 N–H and O–H groups in total. The Morgan fingerprint density at radius 3 is 2.20 bits per heavy atom. The molecule has 14 heteroatoms. The van der Waals surface area contributed by atoms with Crippen molar-refractivity contribution in [2.45, 2.75) is 172 Å². The van der Waals surface area contributed by atoms with Crippen LogP contribution in [0, 0.1) is 17.2 Å². The Balaban J connectivity index is 1.12. The Hall–Kier alpha value is -2.14. The Labute approximate surface area is 323 Å². The van der Waals surface area contributed by atoms with Crippen LogP contribution in [0.3, 0.4) is 0 Å². The van der Waals surface area contributed by atoms with Crippen LogP contribution in [-0.2, 0) is 33.4 Å². The summed E-state index contributed by atoms with van der Waals surface area (Å²) < 4.78 is 43.2. The highest BCUT2D eigenvalue weighted by Crippen LogP contribution is 2.46. The highest BCUT2D eigenvalue weighted by molar-refractivity contribution is 7.47. The number of aliphatic hydroxyl groups excluding tert-OH is 1. The van der Waals surface area contributed by atoms with Crippen LogP contribution in [0.5, 0.6) is 0 Å². The van der Waals surface area contributed by atoms with Gasteiger partial charge in [-0.2, -0.15) is 10.4 Å². The third-order valence-electron chi connectivity index (χ3n) is 10.9. The Bertz CT molecular complexity index is 1420. The van der Waals surface area contributed by atoms with Crippen LogP contribution < -0.4 is 5.73 Å². The maximum atomic E-state index is 13.0. The molecule has 2 aromatic heterocycles. The van der Waals surface area contributed by atoms with Gasteiger partial charge in [0.15, 0.2) is 5.82 Å². The number of fused-ring (bicyclic) bond motifs is 1. The van der Waals surface area contributed by atoms with E-state index in [1.54, 1.807) is 12.1 Å². The molecule has 1 saturated carbocycles. The summed E-state index contributed by atoms with van der Waals surface area (Å²) in [6.45, 7) is 3.14. The summed E-state index contributed by atoms with van der Waals surface area (Å²) in [5, 5.41) is 25.2. The highest BCUT2D eigenvalue weighted by Gasteiger charge is 2.52. The summed E-state index contributed by atoms with van der Waals surface area (Å²) in [6, 6.07) is 5.29. The van der Waals surface area contributed by atoms with Gasteiger partial charge in [-0.25, -0.2) is 14.1 Å². The number of aromatic nitrogens is 3. The smallest absolute Gasteiger partial charge is 0.388 e. The maximum absolute atomic E-state index is 13.0. The lowest BCUT2D eigenvalue weighted by molar-refractivity contribution is -0.0688. The zero-order valence-corrected chi connectivity index (χ0v) is 33.7. The first-order valence-electron chi connectivity index (χ1n) is 20.9. The molecule has 0 bridgehead atoms. The SMILES string of the molecule is CCCCCCCCCCCCCCCCCCOC[C@H](COP(=O)(O)OC[C@@H]1C[C@@H](O)[C@](C#N)(c2ccc3c(N)ncnn23)O1)OCC1CCCCC1. The molecule has 0 amide bonds. The minimum absolute atomic E-state index is 0.0122. The van der Waals surface area contributed by atoms with Crippen LogP contribution in [0.2, 0.25) is 0 Å². The molecule has 1 unspecified atom stereocenters. The second kappa shape index (κ2) is 24.5. The van der Waals surface area contributed by atoms with Gasteiger partial charge in [-0.05, 0) is 37.3 Å². The van der Waals surface area contributed by atoms with Gasteiger partial charge in [0.1, 0.15) is 30.1 Å². The van der Waals surface area contributed by atoms with E-state index in [2.05, 4.69) is 23.1 Å². The van der Waals surface area contributed by atoms with Gasteiger partial charge >= 0.3 is 7.82 Å². The Morgan fingerprint density at radius 1 is 0.944 bits per heavy atom. The van der Waals surface area contributed by atoms with Crippen molar-refractivity contribution in [3.63, 3.8) is 0 Å². The van der Waals surface area contributed by atoms with E-state index in [9.17, 15) is 19.8 Å². The fourth-order valence-corrected chi connectivity index (χ4v) is 8.44. The topological polar surface area (TPSA) is 184 Å². The lowest BCUT2D eigenvalue weighted by Crippen LogP contribution is -2.36. The number of hydrogen-bond donors (Lipinski definition) is 3. The molecule has 13 nitrogen and oxygen atoms in total. The lowest BCUT2D eigenvalue weighted by atomic mass is 9.90. The number of phosphoric acid groups is 1. The van der Waals surface area contributed by atoms with Crippen molar-refractivity contribution in [1.82, 2.24) is 14.6 Å². The monoisotopic (exact) mass is 777 g/mol. The molecule has 306 valence electrons. The number of hydrogen-bond acceptors (Lipinski definition) is 11. The summed E-state index contributed by atoms with van der Waals surface area (Å²) in [7, 11) is -4.53. The Morgan fingerprint density at radius 2 is 1.57 bits per heavy atom. The predicted molar refractivity (Wildman–Crippen MR) is 209 cm³/mol. The normalized spacial score (nSPS) is 22.4. The molecular weight excluding hydrogens is 709 g/mol. The zero-order chi connectivity index (χ0) is 38.5. The fraction of sp³-hybridized carbons (Fsp3) is 0.825. The fourth-order valence-electron chi connectivity index (χ4n) is 7.66. The van der Waals surface area contributed by atoms with Gasteiger partial charge in [-0.3, -0.25) is 9.05 Å². The second-order valence-electron chi connectivity index (χ2n) is 15.4. The van der Waals surface area contributed by atoms with Crippen LogP contribution in [0.25, 0.3) is 5.52 Å². The standard InChI is InChI=1S/C40H68N5O8P/c1-2-3-4-5-6-7-8-9-10-11-12-13-14-15-16-20-25-49-28-35(50-27-33-21-18-17-19-22-33)30-52-54(47,48)51-29-34-26-38(46)40(31-41,53-34)37-24-23-36-39(42)43-32-44-45(36)37/h23-24,32-35,38,46H,2-22,25-30H2,1H3,(H,47,48)(H2,42,43,44)/t34-,35+,38+,40-/m0/s1. The average molecular weight is 778 g/mol. The van der Waals surface area contributed by atoms with E-state index in [1.165, 1.54) is 120 Å². The van der Waals surface area contributed by atoms with Gasteiger partial charge < -0.3 is 29.9 Å². The van der Waals surface area contributed by atoms with Gasteiger partial charge in [0.25, 0.3) is 0 Å². The predicted octanol–water partition coefficient (Wildman–Crippen LogP) is 8.56. The van der Waals surface area contributed by atoms with E-state index in [1.807, 2.05) is 0 Å². The molecule has 54 heavy (non-hydrogen) atoms. The molecule has 3 heterocycles. The van der Waals surface area contributed by atoms with Crippen LogP contribution in [0.4, 0.5) is 5.82 Å². The average Bonchev–Trinajstić information content (AvgIpc) is 3.76. The number of rotatable bonds is 29. The maximum Gasteiger partial charge on any atom is 0.472 e. The van der Waals surface area contributed by atoms with Gasteiger partial charge in [0, 0.05) is 19.6 Å². The third-order valence-corrected chi connectivity index (χ3v) is 11.9. The summed E-state index contributed by atoms with van der Waals surface area (Å²) in [5.74, 6) is 0.674. The number of aliphatic hydroxyl groups is 1. The number of nitrogens with two attached hydrogens (primary N) is 1. The highest BCUT2D eigenvalue weighted by atomic mass is 31.2. The molecule has 2 aliphatic rings. The third kappa shape index (κ3) is 14.7. The second-order valence-corrected chi connectivity index (χ2v) is 16.9. The number of nitrogens with zero attached hydrogens (tertiary/aromatic N) is 4. The van der Waals surface area contributed by atoms with Crippen molar-refractivity contribution in [3.8, 4) is 6.07 Å². The van der Waals surface area contributed by atoms with E-state index in [0.29, 0.717) is 24.6 Å². The van der Waals surface area contributed by atoms with E-state index >= 15 is 0 Å². The number of phosphoric ester groups is 1. The van der Waals surface area contributed by atoms with Crippen LogP contribution in [-0.4, -0.2) is 75.9 Å². The molecule has 0 radical (unpaired) electrons. The van der Waals surface area contributed by atoms with Crippen molar-refractivity contribution in [3.05, 3.63) is 24.2 Å². The van der Waals surface area contributed by atoms with Crippen molar-refractivity contribution in [1.29, 1.82) is 5.26 Å². The summed E-state index contributed by atoms with van der Waals surface area (Å²) >= 11 is 0. The molecule has 2 aromatic rings. The van der Waals surface area contributed by atoms with Gasteiger partial charge in [0.2, 0.25) is 5.60 Å². The van der Waals surface area contributed by atoms with Crippen LogP contribution in [0.15, 0.2) is 18.5 Å². The van der Waals surface area contributed by atoms with Crippen molar-refractivity contribution in [2.24, 2.45) is 5.92 Å². The minimum Gasteiger partial charge on any atom is -0.388 e. The van der Waals surface area contributed by atoms with Crippen LogP contribution >= 0.6 is 7.82 Å². The molecule has 0 spiro atoms. The summed E-state index contributed by atoms with van der Waals surface area (Å²) in [4.78, 5) is 14.5. The molecular formula is C40H68N5O8P. The first-order chi connectivity index (χ1) is 26.3. The first-order valence-corrected chi connectivity index (χ1v) is 22.4. The Kier molecular flexibility index (Phi) is 20.2. The number of nitrogen functional groups attached to an aromatic ring is 1. The van der Waals surface area contributed by atoms with Crippen molar-refractivity contribution < 1.29 is 37.8 Å². The molecule has 1 aliphatic carbocycles. The number of anilines is 1. The van der Waals surface area contributed by atoms with Gasteiger partial charge in [-0.1, -0.05) is 122 Å². The molecule has 2 fully saturated rings. The molecule has 5 atom stereocenters. The number of nitriles is 1. The first kappa shape index (κ1) is 44.6. The van der Waals surface area contributed by atoms with E-state index < -0.39 is 31.7 Å². The number of unbranched alkanes of at least 4 members (excludes halogenated alkanes) is 15. The zero-order valence-electron chi connectivity index (χ0n) is 32.8. The molecule has 1 saturated heterocycles. The van der Waals surface area contributed by atoms with E-state index in [4.69, 9.17) is 29.0 Å². The summed E-state index contributed by atoms with van der Waals surface area (Å²) in [5.41, 5.74) is 4.88. The lowest BCUT2D eigenvalue weighted by Gasteiger charge is -2.26. The number of ether oxygens (including phenoxy) is 3. The van der Waals surface area contributed by atoms with Gasteiger partial charge in [0.05, 0.1) is 31.6 Å². The molecule has 0 aromatic carbocycles. The van der Waals surface area contributed by atoms with Crippen molar-refractivity contribution >= 4 is 19.2 Å². The quantitative estimate of drug-likeness (QED) is 0.0529. The van der Waals surface area contributed by atoms with Crippen molar-refractivity contribution in [2.75, 3.05) is 38.8 Å². The van der Waals surface area contributed by atoms with Crippen LogP contribution in [0.1, 0.15) is 154 Å². The molecule has 1 aliphatic heterocycles. The van der Waals surface area contributed by atoms with E-state index in [-0.39, 0.29) is 37.8 Å².